The molecule has 3 heteroatoms. The van der Waals surface area contributed by atoms with E-state index in [-0.39, 0.29) is 5.78 Å². The fourth-order valence-electron chi connectivity index (χ4n) is 1.42. The van der Waals surface area contributed by atoms with Crippen LogP contribution in [0.25, 0.3) is 10.9 Å². The summed E-state index contributed by atoms with van der Waals surface area (Å²) in [5, 5.41) is 1.00. The van der Waals surface area contributed by atoms with Crippen LogP contribution in [-0.2, 0) is 0 Å². The highest BCUT2D eigenvalue weighted by Gasteiger charge is 2.03. The van der Waals surface area contributed by atoms with Crippen molar-refractivity contribution < 1.29 is 9.53 Å². The van der Waals surface area contributed by atoms with Crippen LogP contribution in [-0.4, -0.2) is 17.9 Å². The number of benzene rings is 1. The fraction of sp³-hybridized carbons (Fsp3) is 0.167. The topological polar surface area (TPSA) is 39.2 Å². The second-order valence-electron chi connectivity index (χ2n) is 3.31. The van der Waals surface area contributed by atoms with Crippen LogP contribution in [0.3, 0.4) is 0 Å². The maximum absolute atomic E-state index is 11.1. The zero-order valence-electron chi connectivity index (χ0n) is 8.65. The molecule has 0 fully saturated rings. The molecule has 0 aliphatic heterocycles. The smallest absolute Gasteiger partial charge is 0.178 e. The molecule has 15 heavy (non-hydrogen) atoms. The molecule has 2 aromatic rings. The fourth-order valence-corrected chi connectivity index (χ4v) is 1.42. The van der Waals surface area contributed by atoms with Gasteiger partial charge >= 0.3 is 0 Å². The van der Waals surface area contributed by atoms with Gasteiger partial charge in [-0.15, -0.1) is 0 Å². The van der Waals surface area contributed by atoms with Crippen LogP contribution < -0.4 is 4.74 Å². The van der Waals surface area contributed by atoms with E-state index in [0.29, 0.717) is 5.69 Å². The normalized spacial score (nSPS) is 10.3. The molecule has 0 atom stereocenters. The van der Waals surface area contributed by atoms with Crippen molar-refractivity contribution in [2.75, 3.05) is 7.11 Å². The Morgan fingerprint density at radius 1 is 1.27 bits per heavy atom. The number of nitrogens with zero attached hydrogens (tertiary/aromatic N) is 1. The Morgan fingerprint density at radius 3 is 2.67 bits per heavy atom. The number of fused-ring (bicyclic) bond motifs is 1. The maximum Gasteiger partial charge on any atom is 0.178 e. The summed E-state index contributed by atoms with van der Waals surface area (Å²) < 4.78 is 5.10. The lowest BCUT2D eigenvalue weighted by molar-refractivity contribution is 0.101. The first-order valence-electron chi connectivity index (χ1n) is 4.66. The Hall–Kier alpha value is -1.90. The number of ether oxygens (including phenoxy) is 1. The van der Waals surface area contributed by atoms with Gasteiger partial charge < -0.3 is 4.74 Å². The average Bonchev–Trinajstić information content (AvgIpc) is 2.27. The minimum atomic E-state index is -0.0280. The Kier molecular flexibility index (Phi) is 2.37. The minimum Gasteiger partial charge on any atom is -0.497 e. The molecule has 0 unspecified atom stereocenters. The number of carbonyl (C=O) groups is 1. The number of hydrogen-bond donors (Lipinski definition) is 0. The van der Waals surface area contributed by atoms with Crippen molar-refractivity contribution in [2.45, 2.75) is 6.92 Å². The molecule has 0 amide bonds. The summed E-state index contributed by atoms with van der Waals surface area (Å²) in [6.07, 6.45) is 0. The summed E-state index contributed by atoms with van der Waals surface area (Å²) in [6, 6.07) is 9.24. The Labute approximate surface area is 87.7 Å². The summed E-state index contributed by atoms with van der Waals surface area (Å²) in [6.45, 7) is 1.51. The van der Waals surface area contributed by atoms with E-state index in [4.69, 9.17) is 4.74 Å². The molecule has 76 valence electrons. The van der Waals surface area contributed by atoms with Crippen LogP contribution in [0, 0.1) is 0 Å². The zero-order chi connectivity index (χ0) is 10.8. The number of hydrogen-bond acceptors (Lipinski definition) is 3. The molecule has 0 bridgehead atoms. The van der Waals surface area contributed by atoms with Crippen molar-refractivity contribution in [3.8, 4) is 5.75 Å². The predicted molar refractivity (Wildman–Crippen MR) is 58.3 cm³/mol. The standard InChI is InChI=1S/C12H11NO2/c1-8(14)11-6-4-9-3-5-10(15-2)7-12(9)13-11/h3-7H,1-2H3. The first-order chi connectivity index (χ1) is 7.20. The third-order valence-electron chi connectivity index (χ3n) is 2.26. The van der Waals surface area contributed by atoms with E-state index in [1.807, 2.05) is 24.3 Å². The molecule has 0 saturated heterocycles. The number of carbonyl (C=O) groups excluding carboxylic acids is 1. The molecule has 0 radical (unpaired) electrons. The number of aromatic nitrogens is 1. The number of ketones is 1. The van der Waals surface area contributed by atoms with E-state index in [1.54, 1.807) is 13.2 Å². The molecule has 0 aliphatic carbocycles. The van der Waals surface area contributed by atoms with Gasteiger partial charge in [0.15, 0.2) is 5.78 Å². The molecule has 1 aromatic carbocycles. The molecule has 3 nitrogen and oxygen atoms in total. The number of Topliss-reactive ketones (excluding diaryl/α,β-unsaturated/α-hetero) is 1. The molecule has 0 saturated carbocycles. The highest BCUT2D eigenvalue weighted by molar-refractivity contribution is 5.94. The third kappa shape index (κ3) is 1.81. The summed E-state index contributed by atoms with van der Waals surface area (Å²) in [4.78, 5) is 15.4. The molecular weight excluding hydrogens is 190 g/mol. The van der Waals surface area contributed by atoms with Gasteiger partial charge in [0.05, 0.1) is 12.6 Å². The number of methoxy groups -OCH3 is 1. The molecular formula is C12H11NO2. The van der Waals surface area contributed by atoms with Gasteiger partial charge in [-0.2, -0.15) is 0 Å². The van der Waals surface area contributed by atoms with Gasteiger partial charge in [0.1, 0.15) is 11.4 Å². The highest BCUT2D eigenvalue weighted by atomic mass is 16.5. The van der Waals surface area contributed by atoms with Crippen LogP contribution in [0.15, 0.2) is 30.3 Å². The summed E-state index contributed by atoms with van der Waals surface area (Å²) in [5.74, 6) is 0.718. The van der Waals surface area contributed by atoms with E-state index in [9.17, 15) is 4.79 Å². The third-order valence-corrected chi connectivity index (χ3v) is 2.26. The zero-order valence-corrected chi connectivity index (χ0v) is 8.65. The monoisotopic (exact) mass is 201 g/mol. The van der Waals surface area contributed by atoms with Crippen molar-refractivity contribution in [3.05, 3.63) is 36.0 Å². The minimum absolute atomic E-state index is 0.0280. The van der Waals surface area contributed by atoms with Crippen molar-refractivity contribution >= 4 is 16.7 Å². The SMILES string of the molecule is COc1ccc2ccc(C(C)=O)nc2c1. The Bertz CT molecular complexity index is 520. The predicted octanol–water partition coefficient (Wildman–Crippen LogP) is 2.45. The lowest BCUT2D eigenvalue weighted by Gasteiger charge is -2.02. The maximum atomic E-state index is 11.1. The van der Waals surface area contributed by atoms with Crippen molar-refractivity contribution in [2.24, 2.45) is 0 Å². The molecule has 1 heterocycles. The molecule has 0 spiro atoms. The Morgan fingerprint density at radius 2 is 2.00 bits per heavy atom. The van der Waals surface area contributed by atoms with Gasteiger partial charge in [0, 0.05) is 18.4 Å². The summed E-state index contributed by atoms with van der Waals surface area (Å²) in [7, 11) is 1.61. The quantitative estimate of drug-likeness (QED) is 0.700. The second kappa shape index (κ2) is 3.69. The van der Waals surface area contributed by atoms with Gasteiger partial charge in [-0.3, -0.25) is 4.79 Å². The van der Waals surface area contributed by atoms with Crippen LogP contribution in [0.4, 0.5) is 0 Å². The van der Waals surface area contributed by atoms with Crippen molar-refractivity contribution in [1.29, 1.82) is 0 Å². The van der Waals surface area contributed by atoms with E-state index >= 15 is 0 Å². The Balaban J connectivity index is 2.62. The summed E-state index contributed by atoms with van der Waals surface area (Å²) in [5.41, 5.74) is 1.26. The van der Waals surface area contributed by atoms with Gasteiger partial charge in [-0.25, -0.2) is 4.98 Å². The van der Waals surface area contributed by atoms with Crippen LogP contribution in [0.2, 0.25) is 0 Å². The summed E-state index contributed by atoms with van der Waals surface area (Å²) >= 11 is 0. The second-order valence-corrected chi connectivity index (χ2v) is 3.31. The lowest BCUT2D eigenvalue weighted by atomic mass is 10.2. The largest absolute Gasteiger partial charge is 0.497 e. The van der Waals surface area contributed by atoms with Crippen molar-refractivity contribution in [3.63, 3.8) is 0 Å². The van der Waals surface area contributed by atoms with Crippen molar-refractivity contribution in [1.82, 2.24) is 4.98 Å². The van der Waals surface area contributed by atoms with Gasteiger partial charge in [0.25, 0.3) is 0 Å². The highest BCUT2D eigenvalue weighted by Crippen LogP contribution is 2.19. The number of rotatable bonds is 2. The van der Waals surface area contributed by atoms with E-state index in [1.165, 1.54) is 6.92 Å². The van der Waals surface area contributed by atoms with Crippen LogP contribution in [0.5, 0.6) is 5.75 Å². The van der Waals surface area contributed by atoms with E-state index < -0.39 is 0 Å². The van der Waals surface area contributed by atoms with Gasteiger partial charge in [0.2, 0.25) is 0 Å². The van der Waals surface area contributed by atoms with E-state index in [2.05, 4.69) is 4.98 Å². The van der Waals surface area contributed by atoms with Gasteiger partial charge in [-0.05, 0) is 18.2 Å². The van der Waals surface area contributed by atoms with E-state index in [0.717, 1.165) is 16.7 Å². The molecule has 1 aromatic heterocycles. The van der Waals surface area contributed by atoms with Crippen LogP contribution >= 0.6 is 0 Å². The molecule has 0 N–H and O–H groups in total. The number of pyridine rings is 1. The lowest BCUT2D eigenvalue weighted by Crippen LogP contribution is -1.96. The van der Waals surface area contributed by atoms with Crippen LogP contribution in [0.1, 0.15) is 17.4 Å². The van der Waals surface area contributed by atoms with Gasteiger partial charge in [-0.1, -0.05) is 6.07 Å². The first-order valence-corrected chi connectivity index (χ1v) is 4.66. The molecule has 0 aliphatic rings. The molecule has 2 rings (SSSR count). The first kappa shape index (κ1) is 9.65. The average molecular weight is 201 g/mol.